The summed E-state index contributed by atoms with van der Waals surface area (Å²) in [5.74, 6) is 0. The normalized spacial score (nSPS) is 10.7. The van der Waals surface area contributed by atoms with E-state index < -0.39 is 12.1 Å². The maximum Gasteiger partial charge on any atom is 0.334 e. The second kappa shape index (κ2) is 5.51. The molecule has 0 spiro atoms. The first-order valence-corrected chi connectivity index (χ1v) is 3.58. The van der Waals surface area contributed by atoms with E-state index in [1.165, 1.54) is 26.5 Å². The molecule has 0 atom stereocenters. The molecular weight excluding hydrogens is 188 g/mol. The van der Waals surface area contributed by atoms with Crippen LogP contribution in [0, 0.1) is 0 Å². The average molecular weight is 200 g/mol. The zero-order valence-corrected chi connectivity index (χ0v) is 7.91. The zero-order chi connectivity index (χ0) is 11.1. The van der Waals surface area contributed by atoms with Crippen molar-refractivity contribution in [1.82, 2.24) is 10.0 Å². The largest absolute Gasteiger partial charge is 0.350 e. The molecule has 0 saturated heterocycles. The van der Waals surface area contributed by atoms with E-state index in [9.17, 15) is 9.59 Å². The van der Waals surface area contributed by atoms with E-state index in [1.807, 2.05) is 0 Å². The Morgan fingerprint density at radius 3 is 1.50 bits per heavy atom. The van der Waals surface area contributed by atoms with Gasteiger partial charge in [0.15, 0.2) is 0 Å². The van der Waals surface area contributed by atoms with Gasteiger partial charge in [-0.05, 0) is 0 Å². The van der Waals surface area contributed by atoms with E-state index in [-0.39, 0.29) is 0 Å². The predicted octanol–water partition coefficient (Wildman–Crippen LogP) is -1.02. The van der Waals surface area contributed by atoms with E-state index in [2.05, 4.69) is 10.2 Å². The third-order valence-electron chi connectivity index (χ3n) is 1.18. The molecule has 0 radical (unpaired) electrons. The maximum atomic E-state index is 10.4. The zero-order valence-electron chi connectivity index (χ0n) is 7.91. The summed E-state index contributed by atoms with van der Waals surface area (Å²) in [5, 5.41) is 8.95. The Morgan fingerprint density at radius 2 is 1.29 bits per heavy atom. The van der Waals surface area contributed by atoms with Crippen LogP contribution in [0.5, 0.6) is 0 Å². The number of rotatable bonds is 3. The third-order valence-corrected chi connectivity index (χ3v) is 1.18. The van der Waals surface area contributed by atoms with Crippen molar-refractivity contribution in [2.24, 2.45) is 21.7 Å². The fourth-order valence-corrected chi connectivity index (χ4v) is 0.373. The topological polar surface area (TPSA) is 117 Å². The number of primary amides is 2. The van der Waals surface area contributed by atoms with Crippen LogP contribution in [0.1, 0.15) is 0 Å². The predicted molar refractivity (Wildman–Crippen MR) is 51.7 cm³/mol. The summed E-state index contributed by atoms with van der Waals surface area (Å²) >= 11 is 0. The number of amides is 4. The minimum absolute atomic E-state index is 0.696. The Labute approximate surface area is 80.8 Å². The van der Waals surface area contributed by atoms with Gasteiger partial charge < -0.3 is 11.5 Å². The molecule has 8 nitrogen and oxygen atoms in total. The van der Waals surface area contributed by atoms with Gasteiger partial charge in [-0.3, -0.25) is 0 Å². The van der Waals surface area contributed by atoms with Crippen molar-refractivity contribution in [2.45, 2.75) is 0 Å². The SMILES string of the molecule is CN(N=CC=NN(C)C(N)=O)C(N)=O. The lowest BCUT2D eigenvalue weighted by Gasteiger charge is -2.05. The van der Waals surface area contributed by atoms with Crippen LogP contribution in [0.4, 0.5) is 9.59 Å². The molecule has 0 aliphatic carbocycles. The van der Waals surface area contributed by atoms with Crippen molar-refractivity contribution in [3.05, 3.63) is 0 Å². The van der Waals surface area contributed by atoms with Gasteiger partial charge in [-0.1, -0.05) is 0 Å². The summed E-state index contributed by atoms with van der Waals surface area (Å²) in [6.07, 6.45) is 2.40. The Balaban J connectivity index is 4.04. The lowest BCUT2D eigenvalue weighted by Crippen LogP contribution is -2.28. The number of hydrogen-bond acceptors (Lipinski definition) is 4. The van der Waals surface area contributed by atoms with Crippen molar-refractivity contribution in [1.29, 1.82) is 0 Å². The number of hydrazone groups is 2. The molecule has 0 saturated carbocycles. The summed E-state index contributed by atoms with van der Waals surface area (Å²) in [6.45, 7) is 0. The molecule has 0 unspecified atom stereocenters. The van der Waals surface area contributed by atoms with Gasteiger partial charge in [-0.2, -0.15) is 10.2 Å². The molecule has 8 heteroatoms. The highest BCUT2D eigenvalue weighted by molar-refractivity contribution is 6.16. The second-order valence-electron chi connectivity index (χ2n) is 2.25. The molecule has 4 amide bonds. The van der Waals surface area contributed by atoms with Crippen LogP contribution < -0.4 is 11.5 Å². The molecule has 4 N–H and O–H groups in total. The van der Waals surface area contributed by atoms with Gasteiger partial charge in [-0.25, -0.2) is 19.6 Å². The van der Waals surface area contributed by atoms with Gasteiger partial charge in [0, 0.05) is 14.1 Å². The van der Waals surface area contributed by atoms with Crippen LogP contribution in [-0.4, -0.2) is 48.6 Å². The first-order valence-electron chi connectivity index (χ1n) is 3.58. The lowest BCUT2D eigenvalue weighted by atomic mass is 10.8. The number of nitrogens with zero attached hydrogens (tertiary/aromatic N) is 4. The highest BCUT2D eigenvalue weighted by atomic mass is 16.2. The average Bonchev–Trinajstić information content (AvgIpc) is 2.11. The van der Waals surface area contributed by atoms with Gasteiger partial charge in [0.25, 0.3) is 0 Å². The first-order chi connectivity index (χ1) is 6.45. The summed E-state index contributed by atoms with van der Waals surface area (Å²) in [5.41, 5.74) is 9.74. The van der Waals surface area contributed by atoms with Gasteiger partial charge in [0.1, 0.15) is 0 Å². The third kappa shape index (κ3) is 4.70. The molecule has 0 aliphatic heterocycles. The molecule has 78 valence electrons. The first kappa shape index (κ1) is 11.9. The minimum Gasteiger partial charge on any atom is -0.350 e. The summed E-state index contributed by atoms with van der Waals surface area (Å²) < 4.78 is 0. The fourth-order valence-electron chi connectivity index (χ4n) is 0.373. The summed E-state index contributed by atoms with van der Waals surface area (Å²) in [4.78, 5) is 20.9. The standard InChI is InChI=1S/C6H12N6O2/c1-11(5(7)13)9-3-4-10-12(2)6(8)14/h3-4H,1-2H3,(H2,7,13)(H2,8,14). The van der Waals surface area contributed by atoms with Gasteiger partial charge in [0.2, 0.25) is 0 Å². The quantitative estimate of drug-likeness (QED) is 0.448. The van der Waals surface area contributed by atoms with Crippen LogP contribution >= 0.6 is 0 Å². The van der Waals surface area contributed by atoms with E-state index in [4.69, 9.17) is 11.5 Å². The second-order valence-corrected chi connectivity index (χ2v) is 2.25. The monoisotopic (exact) mass is 200 g/mol. The Morgan fingerprint density at radius 1 is 1.00 bits per heavy atom. The number of carbonyl (C=O) groups is 2. The van der Waals surface area contributed by atoms with E-state index in [1.54, 1.807) is 0 Å². The van der Waals surface area contributed by atoms with Crippen molar-refractivity contribution < 1.29 is 9.59 Å². The van der Waals surface area contributed by atoms with Crippen LogP contribution in [-0.2, 0) is 0 Å². The highest BCUT2D eigenvalue weighted by Gasteiger charge is 1.97. The van der Waals surface area contributed by atoms with Crippen LogP contribution in [0.2, 0.25) is 0 Å². The van der Waals surface area contributed by atoms with Gasteiger partial charge in [-0.15, -0.1) is 0 Å². The summed E-state index contributed by atoms with van der Waals surface area (Å²) in [7, 11) is 2.76. The van der Waals surface area contributed by atoms with Crippen molar-refractivity contribution in [3.8, 4) is 0 Å². The van der Waals surface area contributed by atoms with E-state index >= 15 is 0 Å². The Hall–Kier alpha value is -2.12. The van der Waals surface area contributed by atoms with E-state index in [0.29, 0.717) is 0 Å². The molecule has 14 heavy (non-hydrogen) atoms. The van der Waals surface area contributed by atoms with Crippen LogP contribution in [0.25, 0.3) is 0 Å². The molecule has 0 aliphatic rings. The minimum atomic E-state index is -0.696. The Kier molecular flexibility index (Phi) is 4.68. The molecule has 0 heterocycles. The lowest BCUT2D eigenvalue weighted by molar-refractivity contribution is 0.219. The number of carbonyl (C=O) groups excluding carboxylic acids is 2. The molecule has 0 bridgehead atoms. The molecule has 0 aromatic rings. The number of urea groups is 2. The smallest absolute Gasteiger partial charge is 0.334 e. The van der Waals surface area contributed by atoms with Crippen LogP contribution in [0.15, 0.2) is 10.2 Å². The van der Waals surface area contributed by atoms with Gasteiger partial charge >= 0.3 is 12.1 Å². The number of hydrogen-bond donors (Lipinski definition) is 2. The van der Waals surface area contributed by atoms with Crippen LogP contribution in [0.3, 0.4) is 0 Å². The van der Waals surface area contributed by atoms with Crippen molar-refractivity contribution in [3.63, 3.8) is 0 Å². The molecule has 0 aromatic carbocycles. The number of nitrogens with two attached hydrogens (primary N) is 2. The molecule has 0 fully saturated rings. The van der Waals surface area contributed by atoms with Gasteiger partial charge in [0.05, 0.1) is 12.4 Å². The molecular formula is C6H12N6O2. The Bertz CT molecular complexity index is 245. The maximum absolute atomic E-state index is 10.4. The summed E-state index contributed by atoms with van der Waals surface area (Å²) in [6, 6.07) is -1.39. The van der Waals surface area contributed by atoms with Crippen molar-refractivity contribution in [2.75, 3.05) is 14.1 Å². The molecule has 0 aromatic heterocycles. The van der Waals surface area contributed by atoms with Crippen molar-refractivity contribution >= 4 is 24.5 Å². The fraction of sp³-hybridized carbons (Fsp3) is 0.333. The van der Waals surface area contributed by atoms with E-state index in [0.717, 1.165) is 10.0 Å². The highest BCUT2D eigenvalue weighted by Crippen LogP contribution is 1.81. The molecule has 0 rings (SSSR count).